The lowest BCUT2D eigenvalue weighted by Gasteiger charge is -2.09. The van der Waals surface area contributed by atoms with Crippen molar-refractivity contribution in [3.63, 3.8) is 0 Å². The summed E-state index contributed by atoms with van der Waals surface area (Å²) < 4.78 is 16.5. The number of halogens is 1. The Morgan fingerprint density at radius 1 is 1.00 bits per heavy atom. The van der Waals surface area contributed by atoms with Crippen LogP contribution in [0, 0.1) is 6.92 Å². The summed E-state index contributed by atoms with van der Waals surface area (Å²) >= 11 is 6.18. The summed E-state index contributed by atoms with van der Waals surface area (Å²) in [5, 5.41) is 4.62. The molecule has 1 amide bonds. The van der Waals surface area contributed by atoms with Crippen LogP contribution in [0.5, 0.6) is 11.5 Å². The number of nitrogens with two attached hydrogens (primary N) is 1. The van der Waals surface area contributed by atoms with Crippen LogP contribution in [-0.2, 0) is 11.4 Å². The van der Waals surface area contributed by atoms with Gasteiger partial charge in [0.2, 0.25) is 5.82 Å². The van der Waals surface area contributed by atoms with Crippen LogP contribution in [0.1, 0.15) is 11.1 Å². The number of carbonyl (C=O) groups is 1. The molecule has 0 aliphatic rings. The van der Waals surface area contributed by atoms with Crippen LogP contribution in [-0.4, -0.2) is 22.7 Å². The van der Waals surface area contributed by atoms with E-state index >= 15 is 0 Å². The van der Waals surface area contributed by atoms with Crippen LogP contribution >= 0.6 is 11.6 Å². The van der Waals surface area contributed by atoms with Gasteiger partial charge in [-0.2, -0.15) is 4.98 Å². The third kappa shape index (κ3) is 5.25. The lowest BCUT2D eigenvalue weighted by atomic mass is 10.1. The average Bonchev–Trinajstić information content (AvgIpc) is 3.29. The topological polar surface area (TPSA) is 100 Å². The molecule has 0 radical (unpaired) electrons. The summed E-state index contributed by atoms with van der Waals surface area (Å²) in [6, 6.07) is 20.3. The number of aryl methyl sites for hydroxylation is 1. The van der Waals surface area contributed by atoms with E-state index in [9.17, 15) is 4.79 Å². The average molecular weight is 450 g/mol. The molecule has 0 atom stereocenters. The molecule has 0 spiro atoms. The van der Waals surface area contributed by atoms with Gasteiger partial charge in [-0.3, -0.25) is 4.79 Å². The minimum Gasteiger partial charge on any atom is -0.487 e. The summed E-state index contributed by atoms with van der Waals surface area (Å²) in [5.41, 5.74) is 8.69. The number of amides is 1. The summed E-state index contributed by atoms with van der Waals surface area (Å²) in [7, 11) is 0. The first-order valence-electron chi connectivity index (χ1n) is 9.81. The molecular formula is C24H20ClN3O4. The van der Waals surface area contributed by atoms with Gasteiger partial charge in [0.15, 0.2) is 6.61 Å². The van der Waals surface area contributed by atoms with Crippen molar-refractivity contribution in [2.24, 2.45) is 5.73 Å². The fourth-order valence-electron chi connectivity index (χ4n) is 2.94. The van der Waals surface area contributed by atoms with E-state index in [-0.39, 0.29) is 6.61 Å². The molecule has 0 saturated heterocycles. The minimum atomic E-state index is -0.534. The molecular weight excluding hydrogens is 430 g/mol. The molecule has 2 N–H and O–H groups in total. The molecule has 0 bridgehead atoms. The van der Waals surface area contributed by atoms with Crippen molar-refractivity contribution >= 4 is 17.5 Å². The fraction of sp³-hybridized carbons (Fsp3) is 0.125. The zero-order chi connectivity index (χ0) is 22.5. The first-order chi connectivity index (χ1) is 15.5. The van der Waals surface area contributed by atoms with Gasteiger partial charge in [-0.25, -0.2) is 0 Å². The highest BCUT2D eigenvalue weighted by molar-refractivity contribution is 6.32. The van der Waals surface area contributed by atoms with Gasteiger partial charge in [-0.15, -0.1) is 0 Å². The smallest absolute Gasteiger partial charge is 0.258 e. The highest BCUT2D eigenvalue weighted by atomic mass is 35.5. The van der Waals surface area contributed by atoms with Gasteiger partial charge in [0, 0.05) is 11.1 Å². The number of primary amides is 1. The van der Waals surface area contributed by atoms with Crippen LogP contribution in [0.4, 0.5) is 0 Å². The van der Waals surface area contributed by atoms with E-state index in [1.807, 2.05) is 49.4 Å². The maximum Gasteiger partial charge on any atom is 0.258 e. The van der Waals surface area contributed by atoms with Gasteiger partial charge in [0.1, 0.15) is 18.1 Å². The maximum absolute atomic E-state index is 10.8. The second-order valence-corrected chi connectivity index (χ2v) is 7.53. The van der Waals surface area contributed by atoms with Crippen LogP contribution in [0.2, 0.25) is 5.02 Å². The molecule has 8 heteroatoms. The number of rotatable bonds is 8. The van der Waals surface area contributed by atoms with Crippen LogP contribution in [0.3, 0.4) is 0 Å². The lowest BCUT2D eigenvalue weighted by Crippen LogP contribution is -2.19. The molecule has 1 heterocycles. The SMILES string of the molecule is Cc1ccc(Cl)c(OCc2ccc(-c3nc(-c4ccc(OCC(N)=O)cc4)no3)cc2)c1. The normalized spacial score (nSPS) is 10.7. The van der Waals surface area contributed by atoms with E-state index in [0.29, 0.717) is 34.8 Å². The van der Waals surface area contributed by atoms with Crippen molar-refractivity contribution in [2.75, 3.05) is 6.61 Å². The Kier molecular flexibility index (Phi) is 6.37. The van der Waals surface area contributed by atoms with Crippen molar-refractivity contribution in [1.29, 1.82) is 0 Å². The minimum absolute atomic E-state index is 0.176. The first kappa shape index (κ1) is 21.4. The Bertz CT molecular complexity index is 1220. The van der Waals surface area contributed by atoms with Crippen molar-refractivity contribution < 1.29 is 18.8 Å². The number of hydrogen-bond acceptors (Lipinski definition) is 6. The molecule has 0 fully saturated rings. The van der Waals surface area contributed by atoms with E-state index in [2.05, 4.69) is 10.1 Å². The van der Waals surface area contributed by atoms with Crippen molar-refractivity contribution in [3.05, 3.63) is 82.9 Å². The fourth-order valence-corrected chi connectivity index (χ4v) is 3.11. The van der Waals surface area contributed by atoms with E-state index in [1.165, 1.54) is 0 Å². The van der Waals surface area contributed by atoms with E-state index in [1.54, 1.807) is 24.3 Å². The summed E-state index contributed by atoms with van der Waals surface area (Å²) in [5.74, 6) is 1.50. The molecule has 4 aromatic rings. The van der Waals surface area contributed by atoms with Gasteiger partial charge in [0.25, 0.3) is 11.8 Å². The summed E-state index contributed by atoms with van der Waals surface area (Å²) in [4.78, 5) is 15.3. The monoisotopic (exact) mass is 449 g/mol. The quantitative estimate of drug-likeness (QED) is 0.414. The zero-order valence-corrected chi connectivity index (χ0v) is 18.0. The van der Waals surface area contributed by atoms with Gasteiger partial charge >= 0.3 is 0 Å². The first-order valence-corrected chi connectivity index (χ1v) is 10.2. The van der Waals surface area contributed by atoms with Crippen LogP contribution in [0.25, 0.3) is 22.8 Å². The van der Waals surface area contributed by atoms with Crippen LogP contribution < -0.4 is 15.2 Å². The standard InChI is InChI=1S/C24H20ClN3O4/c1-15-2-11-20(25)21(12-15)31-13-16-3-5-18(6-4-16)24-27-23(28-32-24)17-7-9-19(10-8-17)30-14-22(26)29/h2-12H,13-14H2,1H3,(H2,26,29). The zero-order valence-electron chi connectivity index (χ0n) is 17.2. The van der Waals surface area contributed by atoms with Crippen molar-refractivity contribution in [1.82, 2.24) is 10.1 Å². The number of carbonyl (C=O) groups excluding carboxylic acids is 1. The second kappa shape index (κ2) is 9.53. The Balaban J connectivity index is 1.40. The number of ether oxygens (including phenoxy) is 2. The molecule has 3 aromatic carbocycles. The molecule has 0 saturated carbocycles. The summed E-state index contributed by atoms with van der Waals surface area (Å²) in [6.07, 6.45) is 0. The number of benzene rings is 3. The Morgan fingerprint density at radius 3 is 2.44 bits per heavy atom. The predicted molar refractivity (Wildman–Crippen MR) is 120 cm³/mol. The van der Waals surface area contributed by atoms with Crippen molar-refractivity contribution in [3.8, 4) is 34.3 Å². The van der Waals surface area contributed by atoms with Gasteiger partial charge in [-0.05, 0) is 66.6 Å². The number of aromatic nitrogens is 2. The molecule has 4 rings (SSSR count). The van der Waals surface area contributed by atoms with Gasteiger partial charge in [-0.1, -0.05) is 35.0 Å². The largest absolute Gasteiger partial charge is 0.487 e. The molecule has 1 aromatic heterocycles. The van der Waals surface area contributed by atoms with E-state index in [0.717, 1.165) is 22.3 Å². The highest BCUT2D eigenvalue weighted by Crippen LogP contribution is 2.27. The lowest BCUT2D eigenvalue weighted by molar-refractivity contribution is -0.119. The van der Waals surface area contributed by atoms with Gasteiger partial charge in [0.05, 0.1) is 5.02 Å². The maximum atomic E-state index is 10.8. The Morgan fingerprint density at radius 2 is 1.72 bits per heavy atom. The molecule has 0 aliphatic heterocycles. The van der Waals surface area contributed by atoms with E-state index in [4.69, 9.17) is 31.3 Å². The third-order valence-electron chi connectivity index (χ3n) is 4.60. The molecule has 162 valence electrons. The number of nitrogens with zero attached hydrogens (tertiary/aromatic N) is 2. The highest BCUT2D eigenvalue weighted by Gasteiger charge is 2.11. The third-order valence-corrected chi connectivity index (χ3v) is 4.91. The predicted octanol–water partition coefficient (Wildman–Crippen LogP) is 4.81. The Labute approximate surface area is 189 Å². The van der Waals surface area contributed by atoms with Gasteiger partial charge < -0.3 is 19.7 Å². The molecule has 7 nitrogen and oxygen atoms in total. The summed E-state index contributed by atoms with van der Waals surface area (Å²) in [6.45, 7) is 2.20. The van der Waals surface area contributed by atoms with E-state index < -0.39 is 5.91 Å². The van der Waals surface area contributed by atoms with Crippen LogP contribution in [0.15, 0.2) is 71.3 Å². The molecule has 0 unspecified atom stereocenters. The Hall–Kier alpha value is -3.84. The van der Waals surface area contributed by atoms with Crippen molar-refractivity contribution in [2.45, 2.75) is 13.5 Å². The molecule has 0 aliphatic carbocycles. The second-order valence-electron chi connectivity index (χ2n) is 7.12. The molecule has 32 heavy (non-hydrogen) atoms. The number of hydrogen-bond donors (Lipinski definition) is 1.